The predicted octanol–water partition coefficient (Wildman–Crippen LogP) is 2.17. The Balaban J connectivity index is 1.73. The van der Waals surface area contributed by atoms with Crippen LogP contribution in [0.3, 0.4) is 0 Å². The van der Waals surface area contributed by atoms with Gasteiger partial charge in [0, 0.05) is 43.2 Å². The Bertz CT molecular complexity index is 1010. The van der Waals surface area contributed by atoms with Gasteiger partial charge in [-0.1, -0.05) is 17.7 Å². The summed E-state index contributed by atoms with van der Waals surface area (Å²) < 4.78 is 2.07. The maximum Gasteiger partial charge on any atom is 0.267 e. The van der Waals surface area contributed by atoms with Gasteiger partial charge in [0.25, 0.3) is 5.91 Å². The minimum Gasteiger partial charge on any atom is -0.373 e. The Hall–Kier alpha value is -2.70. The molecule has 1 aliphatic rings. The van der Waals surface area contributed by atoms with E-state index in [0.717, 1.165) is 30.6 Å². The third-order valence-corrected chi connectivity index (χ3v) is 5.33. The number of rotatable bonds is 4. The number of nitrogens with two attached hydrogens (primary N) is 1. The fraction of sp³-hybridized carbons (Fsp3) is 0.333. The number of carbonyl (C=O) groups is 1. The van der Waals surface area contributed by atoms with Gasteiger partial charge in [-0.2, -0.15) is 0 Å². The number of aliphatic hydroxyl groups is 1. The molecule has 6 heteroatoms. The second kappa shape index (κ2) is 6.79. The standard InChI is InChI=1S/C21H24N4O2/c1-13-3-6-18-15(9-13)16-12-24(2)8-7-19(16)25(18)20(26)10-14-4-5-17(21(22)27)23-11-14/h3-6,9,11,20,26H,7-8,10,12H2,1-2H3,(H2,22,27). The maximum absolute atomic E-state index is 11.2. The number of likely N-dealkylation sites (N-methyl/N-ethyl adjacent to an activating group) is 1. The molecule has 1 unspecified atom stereocenters. The van der Waals surface area contributed by atoms with E-state index < -0.39 is 12.1 Å². The van der Waals surface area contributed by atoms with E-state index in [2.05, 4.69) is 46.6 Å². The lowest BCUT2D eigenvalue weighted by Gasteiger charge is -2.26. The molecule has 27 heavy (non-hydrogen) atoms. The van der Waals surface area contributed by atoms with Crippen molar-refractivity contribution in [1.29, 1.82) is 0 Å². The second-order valence-corrected chi connectivity index (χ2v) is 7.40. The number of aromatic nitrogens is 2. The number of primary amides is 1. The number of hydrogen-bond acceptors (Lipinski definition) is 4. The van der Waals surface area contributed by atoms with E-state index in [1.54, 1.807) is 18.3 Å². The van der Waals surface area contributed by atoms with Gasteiger partial charge in [0.2, 0.25) is 0 Å². The number of amides is 1. The molecule has 2 aromatic heterocycles. The number of fused-ring (bicyclic) bond motifs is 3. The van der Waals surface area contributed by atoms with Crippen molar-refractivity contribution in [3.05, 3.63) is 64.6 Å². The lowest BCUT2D eigenvalue weighted by molar-refractivity contribution is 0.0995. The molecule has 6 nitrogen and oxygen atoms in total. The van der Waals surface area contributed by atoms with Crippen molar-refractivity contribution in [3.63, 3.8) is 0 Å². The first kappa shape index (κ1) is 17.7. The quantitative estimate of drug-likeness (QED) is 0.743. The smallest absolute Gasteiger partial charge is 0.267 e. The van der Waals surface area contributed by atoms with Gasteiger partial charge in [-0.25, -0.2) is 0 Å². The Kier molecular flexibility index (Phi) is 4.45. The summed E-state index contributed by atoms with van der Waals surface area (Å²) in [5.41, 5.74) is 11.1. The van der Waals surface area contributed by atoms with Gasteiger partial charge < -0.3 is 20.3 Å². The fourth-order valence-corrected chi connectivity index (χ4v) is 3.97. The molecular weight excluding hydrogens is 340 g/mol. The molecular formula is C21H24N4O2. The molecule has 0 radical (unpaired) electrons. The molecule has 0 bridgehead atoms. The maximum atomic E-state index is 11.2. The van der Waals surface area contributed by atoms with E-state index >= 15 is 0 Å². The lowest BCUT2D eigenvalue weighted by Crippen LogP contribution is -2.28. The lowest BCUT2D eigenvalue weighted by atomic mass is 10.0. The van der Waals surface area contributed by atoms with E-state index in [4.69, 9.17) is 5.73 Å². The SMILES string of the molecule is Cc1ccc2c(c1)c1c(n2C(O)Cc2ccc(C(N)=O)nc2)CCN(C)C1. The van der Waals surface area contributed by atoms with Crippen molar-refractivity contribution < 1.29 is 9.90 Å². The fourth-order valence-electron chi connectivity index (χ4n) is 3.97. The summed E-state index contributed by atoms with van der Waals surface area (Å²) in [6.45, 7) is 3.96. The Morgan fingerprint density at radius 2 is 2.15 bits per heavy atom. The Labute approximate surface area is 158 Å². The van der Waals surface area contributed by atoms with Crippen molar-refractivity contribution in [1.82, 2.24) is 14.5 Å². The molecule has 3 heterocycles. The highest BCUT2D eigenvalue weighted by atomic mass is 16.3. The number of aryl methyl sites for hydroxylation is 1. The molecule has 140 valence electrons. The highest BCUT2D eigenvalue weighted by molar-refractivity contribution is 5.90. The predicted molar refractivity (Wildman–Crippen MR) is 104 cm³/mol. The van der Waals surface area contributed by atoms with Gasteiger partial charge in [-0.05, 0) is 43.3 Å². The summed E-state index contributed by atoms with van der Waals surface area (Å²) >= 11 is 0. The van der Waals surface area contributed by atoms with Gasteiger partial charge >= 0.3 is 0 Å². The third-order valence-electron chi connectivity index (χ3n) is 5.33. The molecule has 0 fully saturated rings. The van der Waals surface area contributed by atoms with Crippen molar-refractivity contribution in [2.24, 2.45) is 5.73 Å². The van der Waals surface area contributed by atoms with Crippen LogP contribution in [0.4, 0.5) is 0 Å². The molecule has 0 aliphatic carbocycles. The van der Waals surface area contributed by atoms with Gasteiger partial charge in [-0.15, -0.1) is 0 Å². The summed E-state index contributed by atoms with van der Waals surface area (Å²) in [7, 11) is 2.13. The van der Waals surface area contributed by atoms with Crippen LogP contribution in [0.5, 0.6) is 0 Å². The summed E-state index contributed by atoms with van der Waals surface area (Å²) in [5, 5.41) is 12.3. The van der Waals surface area contributed by atoms with Crippen LogP contribution >= 0.6 is 0 Å². The van der Waals surface area contributed by atoms with Gasteiger partial charge in [0.1, 0.15) is 11.9 Å². The van der Waals surface area contributed by atoms with Crippen LogP contribution in [-0.2, 0) is 19.4 Å². The molecule has 1 amide bonds. The second-order valence-electron chi connectivity index (χ2n) is 7.40. The van der Waals surface area contributed by atoms with Gasteiger partial charge in [-0.3, -0.25) is 9.78 Å². The zero-order valence-corrected chi connectivity index (χ0v) is 15.6. The monoisotopic (exact) mass is 364 g/mol. The van der Waals surface area contributed by atoms with E-state index in [-0.39, 0.29) is 5.69 Å². The molecule has 1 aliphatic heterocycles. The number of hydrogen-bond donors (Lipinski definition) is 2. The van der Waals surface area contributed by atoms with E-state index in [9.17, 15) is 9.90 Å². The number of pyridine rings is 1. The average molecular weight is 364 g/mol. The summed E-state index contributed by atoms with van der Waals surface area (Å²) in [5.74, 6) is -0.549. The zero-order chi connectivity index (χ0) is 19.1. The molecule has 3 aromatic rings. The highest BCUT2D eigenvalue weighted by Crippen LogP contribution is 2.34. The minimum atomic E-state index is -0.691. The number of benzene rings is 1. The van der Waals surface area contributed by atoms with Crippen molar-refractivity contribution in [2.45, 2.75) is 32.5 Å². The number of aliphatic hydroxyl groups excluding tert-OH is 1. The van der Waals surface area contributed by atoms with Crippen LogP contribution in [0, 0.1) is 6.92 Å². The number of carbonyl (C=O) groups excluding carboxylic acids is 1. The first-order valence-corrected chi connectivity index (χ1v) is 9.17. The highest BCUT2D eigenvalue weighted by Gasteiger charge is 2.25. The molecule has 1 aromatic carbocycles. The number of nitrogens with zero attached hydrogens (tertiary/aromatic N) is 3. The van der Waals surface area contributed by atoms with Crippen molar-refractivity contribution >= 4 is 16.8 Å². The molecule has 0 spiro atoms. The van der Waals surface area contributed by atoms with Crippen LogP contribution < -0.4 is 5.73 Å². The van der Waals surface area contributed by atoms with E-state index in [1.165, 1.54) is 22.2 Å². The normalized spacial score (nSPS) is 15.7. The molecule has 0 saturated heterocycles. The van der Waals surface area contributed by atoms with Crippen LogP contribution in [0.1, 0.15) is 39.1 Å². The molecule has 4 rings (SSSR count). The zero-order valence-electron chi connectivity index (χ0n) is 15.6. The van der Waals surface area contributed by atoms with Gasteiger partial charge in [0.15, 0.2) is 0 Å². The molecule has 0 saturated carbocycles. The first-order valence-electron chi connectivity index (χ1n) is 9.17. The summed E-state index contributed by atoms with van der Waals surface area (Å²) in [6.07, 6.45) is 2.25. The largest absolute Gasteiger partial charge is 0.373 e. The topological polar surface area (TPSA) is 84.4 Å². The Morgan fingerprint density at radius 1 is 1.33 bits per heavy atom. The van der Waals surface area contributed by atoms with E-state index in [1.807, 2.05) is 0 Å². The Morgan fingerprint density at radius 3 is 2.85 bits per heavy atom. The van der Waals surface area contributed by atoms with Crippen LogP contribution in [-0.4, -0.2) is 39.1 Å². The minimum absolute atomic E-state index is 0.232. The van der Waals surface area contributed by atoms with Crippen molar-refractivity contribution in [2.75, 3.05) is 13.6 Å². The van der Waals surface area contributed by atoms with Crippen molar-refractivity contribution in [3.8, 4) is 0 Å². The van der Waals surface area contributed by atoms with E-state index in [0.29, 0.717) is 6.42 Å². The molecule has 3 N–H and O–H groups in total. The average Bonchev–Trinajstić information content (AvgIpc) is 2.95. The molecule has 1 atom stereocenters. The summed E-state index contributed by atoms with van der Waals surface area (Å²) in [4.78, 5) is 17.6. The van der Waals surface area contributed by atoms with Crippen LogP contribution in [0.2, 0.25) is 0 Å². The van der Waals surface area contributed by atoms with Crippen LogP contribution in [0.25, 0.3) is 10.9 Å². The first-order chi connectivity index (χ1) is 12.9. The van der Waals surface area contributed by atoms with Crippen LogP contribution in [0.15, 0.2) is 36.5 Å². The third kappa shape index (κ3) is 3.22. The summed E-state index contributed by atoms with van der Waals surface area (Å²) in [6, 6.07) is 9.79. The van der Waals surface area contributed by atoms with Gasteiger partial charge in [0.05, 0.1) is 5.52 Å².